The molecule has 0 saturated heterocycles. The highest BCUT2D eigenvalue weighted by atomic mass is 79.9. The maximum absolute atomic E-state index is 12.2. The second kappa shape index (κ2) is 7.75. The summed E-state index contributed by atoms with van der Waals surface area (Å²) in [5, 5.41) is 0. The highest BCUT2D eigenvalue weighted by molar-refractivity contribution is 9.09. The molecule has 0 radical (unpaired) electrons. The predicted octanol–water partition coefficient (Wildman–Crippen LogP) is 3.66. The number of halogens is 1. The average molecular weight is 374 g/mol. The van der Waals surface area contributed by atoms with E-state index in [9.17, 15) is 8.42 Å². The van der Waals surface area contributed by atoms with E-state index >= 15 is 0 Å². The Labute approximate surface area is 136 Å². The van der Waals surface area contributed by atoms with E-state index < -0.39 is 10.0 Å². The summed E-state index contributed by atoms with van der Waals surface area (Å²) < 4.78 is 27.3. The third-order valence-electron chi connectivity index (χ3n) is 4.22. The van der Waals surface area contributed by atoms with Crippen LogP contribution in [0.2, 0.25) is 0 Å². The third kappa shape index (κ3) is 5.38. The first kappa shape index (κ1) is 17.0. The van der Waals surface area contributed by atoms with Crippen LogP contribution in [0.1, 0.15) is 44.1 Å². The van der Waals surface area contributed by atoms with Crippen molar-refractivity contribution in [3.8, 4) is 0 Å². The van der Waals surface area contributed by atoms with E-state index in [-0.39, 0.29) is 11.7 Å². The van der Waals surface area contributed by atoms with Crippen LogP contribution >= 0.6 is 15.9 Å². The lowest BCUT2D eigenvalue weighted by atomic mass is 9.89. The summed E-state index contributed by atoms with van der Waals surface area (Å²) in [4.78, 5) is 0.445. The van der Waals surface area contributed by atoms with Crippen LogP contribution in [-0.4, -0.2) is 25.5 Å². The molecule has 0 aromatic heterocycles. The summed E-state index contributed by atoms with van der Waals surface area (Å²) >= 11 is 3.68. The minimum atomic E-state index is -3.22. The Morgan fingerprint density at radius 3 is 2.57 bits per heavy atom. The number of alkyl halides is 1. The lowest BCUT2D eigenvalue weighted by molar-refractivity contribution is 0.373. The summed E-state index contributed by atoms with van der Waals surface area (Å²) in [6, 6.07) is 9.81. The van der Waals surface area contributed by atoms with E-state index in [0.29, 0.717) is 17.3 Å². The van der Waals surface area contributed by atoms with Crippen molar-refractivity contribution in [1.29, 1.82) is 0 Å². The van der Waals surface area contributed by atoms with Gasteiger partial charge in [0.15, 0.2) is 0 Å². The summed E-state index contributed by atoms with van der Waals surface area (Å²) in [5.74, 6) is 0.576. The van der Waals surface area contributed by atoms with Crippen LogP contribution in [0.25, 0.3) is 0 Å². The van der Waals surface area contributed by atoms with Crippen LogP contribution in [0.3, 0.4) is 0 Å². The van der Waals surface area contributed by atoms with Crippen molar-refractivity contribution >= 4 is 26.0 Å². The molecule has 1 aliphatic carbocycles. The molecule has 2 rings (SSSR count). The van der Waals surface area contributed by atoms with E-state index in [1.54, 1.807) is 0 Å². The SMILES string of the molecule is CC(CS(=O)(=O)NCC1CCCCC1Br)c1ccccc1. The molecule has 0 spiro atoms. The van der Waals surface area contributed by atoms with Crippen LogP contribution in [0, 0.1) is 5.92 Å². The quantitative estimate of drug-likeness (QED) is 0.773. The molecule has 1 N–H and O–H groups in total. The van der Waals surface area contributed by atoms with Crippen LogP contribution in [0.15, 0.2) is 30.3 Å². The van der Waals surface area contributed by atoms with E-state index in [4.69, 9.17) is 0 Å². The molecule has 1 fully saturated rings. The summed E-state index contributed by atoms with van der Waals surface area (Å²) in [5.41, 5.74) is 1.07. The van der Waals surface area contributed by atoms with E-state index in [1.165, 1.54) is 12.8 Å². The minimum Gasteiger partial charge on any atom is -0.215 e. The summed E-state index contributed by atoms with van der Waals surface area (Å²) in [6.45, 7) is 2.52. The summed E-state index contributed by atoms with van der Waals surface area (Å²) in [6.07, 6.45) is 4.69. The van der Waals surface area contributed by atoms with Crippen molar-refractivity contribution in [3.05, 3.63) is 35.9 Å². The number of benzene rings is 1. The zero-order valence-electron chi connectivity index (χ0n) is 12.5. The molecule has 118 valence electrons. The van der Waals surface area contributed by atoms with Gasteiger partial charge in [-0.15, -0.1) is 0 Å². The first-order valence-corrected chi connectivity index (χ1v) is 10.2. The van der Waals surface area contributed by atoms with Crippen molar-refractivity contribution in [2.45, 2.75) is 43.4 Å². The largest absolute Gasteiger partial charge is 0.215 e. The fourth-order valence-electron chi connectivity index (χ4n) is 2.89. The fourth-order valence-corrected chi connectivity index (χ4v) is 5.10. The first-order chi connectivity index (χ1) is 9.98. The van der Waals surface area contributed by atoms with Gasteiger partial charge in [-0.1, -0.05) is 66.0 Å². The summed E-state index contributed by atoms with van der Waals surface area (Å²) in [7, 11) is -3.22. The van der Waals surface area contributed by atoms with Crippen LogP contribution in [0.5, 0.6) is 0 Å². The van der Waals surface area contributed by atoms with Crippen molar-refractivity contribution in [1.82, 2.24) is 4.72 Å². The predicted molar refractivity (Wildman–Crippen MR) is 91.3 cm³/mol. The molecule has 0 bridgehead atoms. The van der Waals surface area contributed by atoms with Gasteiger partial charge in [-0.05, 0) is 30.2 Å². The lowest BCUT2D eigenvalue weighted by Crippen LogP contribution is -2.36. The highest BCUT2D eigenvalue weighted by Gasteiger charge is 2.25. The first-order valence-electron chi connectivity index (χ1n) is 7.64. The topological polar surface area (TPSA) is 46.2 Å². The van der Waals surface area contributed by atoms with Crippen LogP contribution in [-0.2, 0) is 10.0 Å². The smallest absolute Gasteiger partial charge is 0.212 e. The Morgan fingerprint density at radius 1 is 1.24 bits per heavy atom. The molecule has 1 aromatic rings. The van der Waals surface area contributed by atoms with Gasteiger partial charge in [0.1, 0.15) is 0 Å². The Morgan fingerprint density at radius 2 is 1.90 bits per heavy atom. The maximum atomic E-state index is 12.2. The molecule has 1 saturated carbocycles. The number of nitrogens with one attached hydrogen (secondary N) is 1. The average Bonchev–Trinajstić information content (AvgIpc) is 2.47. The molecule has 1 aliphatic rings. The number of hydrogen-bond donors (Lipinski definition) is 1. The standard InChI is InChI=1S/C16H24BrNO2S/c1-13(14-7-3-2-4-8-14)12-21(19,20)18-11-15-9-5-6-10-16(15)17/h2-4,7-8,13,15-16,18H,5-6,9-12H2,1H3. The highest BCUT2D eigenvalue weighted by Crippen LogP contribution is 2.29. The van der Waals surface area contributed by atoms with Crippen molar-refractivity contribution in [2.24, 2.45) is 5.92 Å². The zero-order valence-corrected chi connectivity index (χ0v) is 14.9. The second-order valence-corrected chi connectivity index (χ2v) is 9.03. The monoisotopic (exact) mass is 373 g/mol. The van der Waals surface area contributed by atoms with E-state index in [2.05, 4.69) is 20.7 Å². The van der Waals surface area contributed by atoms with Crippen LogP contribution < -0.4 is 4.72 Å². The zero-order chi connectivity index (χ0) is 15.3. The Balaban J connectivity index is 1.87. The molecule has 3 nitrogen and oxygen atoms in total. The van der Waals surface area contributed by atoms with Gasteiger partial charge in [0.05, 0.1) is 5.75 Å². The van der Waals surface area contributed by atoms with Gasteiger partial charge < -0.3 is 0 Å². The second-order valence-electron chi connectivity index (χ2n) is 6.00. The Hall–Kier alpha value is -0.390. The molecule has 0 amide bonds. The van der Waals surface area contributed by atoms with Crippen LogP contribution in [0.4, 0.5) is 0 Å². The van der Waals surface area contributed by atoms with Gasteiger partial charge in [-0.3, -0.25) is 0 Å². The van der Waals surface area contributed by atoms with Crippen molar-refractivity contribution < 1.29 is 8.42 Å². The Bertz CT molecular complexity index is 532. The van der Waals surface area contributed by atoms with Crippen molar-refractivity contribution in [2.75, 3.05) is 12.3 Å². The molecule has 21 heavy (non-hydrogen) atoms. The van der Waals surface area contributed by atoms with E-state index in [1.807, 2.05) is 37.3 Å². The molecular weight excluding hydrogens is 350 g/mol. The van der Waals surface area contributed by atoms with Gasteiger partial charge in [-0.2, -0.15) is 0 Å². The maximum Gasteiger partial charge on any atom is 0.212 e. The normalized spacial score (nSPS) is 24.7. The molecule has 5 heteroatoms. The third-order valence-corrected chi connectivity index (χ3v) is 6.97. The van der Waals surface area contributed by atoms with Crippen molar-refractivity contribution in [3.63, 3.8) is 0 Å². The molecule has 3 unspecified atom stereocenters. The van der Waals surface area contributed by atoms with Gasteiger partial charge in [0.25, 0.3) is 0 Å². The van der Waals surface area contributed by atoms with Gasteiger partial charge in [0.2, 0.25) is 10.0 Å². The van der Waals surface area contributed by atoms with E-state index in [0.717, 1.165) is 18.4 Å². The number of rotatable bonds is 6. The van der Waals surface area contributed by atoms with Gasteiger partial charge in [0, 0.05) is 11.4 Å². The molecule has 3 atom stereocenters. The molecule has 1 aromatic carbocycles. The lowest BCUT2D eigenvalue weighted by Gasteiger charge is -2.27. The fraction of sp³-hybridized carbons (Fsp3) is 0.625. The molecular formula is C16H24BrNO2S. The van der Waals surface area contributed by atoms with Gasteiger partial charge in [-0.25, -0.2) is 13.1 Å². The van der Waals surface area contributed by atoms with Gasteiger partial charge >= 0.3 is 0 Å². The molecule has 0 heterocycles. The number of hydrogen-bond acceptors (Lipinski definition) is 2. The Kier molecular flexibility index (Phi) is 6.26. The molecule has 0 aliphatic heterocycles. The minimum absolute atomic E-state index is 0.00910. The number of sulfonamides is 1.